The zero-order valence-electron chi connectivity index (χ0n) is 14.5. The molecule has 0 radical (unpaired) electrons. The van der Waals surface area contributed by atoms with Crippen molar-refractivity contribution in [2.24, 2.45) is 0 Å². The standard InChI is InChI=1S/C20H16FNO5/c1-12-2-5-15(21)16(8-12)22-20(23)18-7-4-14(27-18)10-24-13-3-6-17-19(9-13)26-11-25-17/h2-9H,10-11H2,1H3,(H,22,23). The van der Waals surface area contributed by atoms with Gasteiger partial charge >= 0.3 is 0 Å². The molecule has 0 bridgehead atoms. The van der Waals surface area contributed by atoms with Crippen molar-refractivity contribution in [3.63, 3.8) is 0 Å². The monoisotopic (exact) mass is 369 g/mol. The van der Waals surface area contributed by atoms with Gasteiger partial charge in [-0.15, -0.1) is 0 Å². The second kappa shape index (κ2) is 7.03. The van der Waals surface area contributed by atoms with E-state index in [0.717, 1.165) is 5.56 Å². The van der Waals surface area contributed by atoms with Crippen LogP contribution in [0.15, 0.2) is 52.9 Å². The fourth-order valence-corrected chi connectivity index (χ4v) is 2.62. The summed E-state index contributed by atoms with van der Waals surface area (Å²) in [6.45, 7) is 2.14. The van der Waals surface area contributed by atoms with Gasteiger partial charge in [-0.05, 0) is 48.9 Å². The normalized spacial score (nSPS) is 12.1. The van der Waals surface area contributed by atoms with E-state index in [-0.39, 0.29) is 24.8 Å². The van der Waals surface area contributed by atoms with E-state index >= 15 is 0 Å². The molecule has 1 N–H and O–H groups in total. The van der Waals surface area contributed by atoms with Crippen LogP contribution in [0.2, 0.25) is 0 Å². The molecular weight excluding hydrogens is 353 g/mol. The maximum Gasteiger partial charge on any atom is 0.291 e. The van der Waals surface area contributed by atoms with Crippen LogP contribution in [0.3, 0.4) is 0 Å². The molecule has 3 aromatic rings. The van der Waals surface area contributed by atoms with Crippen molar-refractivity contribution in [1.82, 2.24) is 0 Å². The van der Waals surface area contributed by atoms with E-state index in [1.54, 1.807) is 36.4 Å². The third kappa shape index (κ3) is 3.72. The predicted octanol–water partition coefficient (Wildman–Crippen LogP) is 4.29. The van der Waals surface area contributed by atoms with Gasteiger partial charge < -0.3 is 23.9 Å². The zero-order chi connectivity index (χ0) is 18.8. The average molecular weight is 369 g/mol. The first-order valence-corrected chi connectivity index (χ1v) is 8.27. The van der Waals surface area contributed by atoms with Gasteiger partial charge in [0.1, 0.15) is 23.9 Å². The summed E-state index contributed by atoms with van der Waals surface area (Å²) in [6, 6.07) is 12.9. The molecule has 0 aliphatic carbocycles. The Morgan fingerprint density at radius 3 is 2.85 bits per heavy atom. The lowest BCUT2D eigenvalue weighted by Gasteiger charge is -2.06. The quantitative estimate of drug-likeness (QED) is 0.727. The fourth-order valence-electron chi connectivity index (χ4n) is 2.62. The SMILES string of the molecule is Cc1ccc(F)c(NC(=O)c2ccc(COc3ccc4c(c3)OCO4)o2)c1. The topological polar surface area (TPSA) is 69.9 Å². The van der Waals surface area contributed by atoms with Gasteiger partial charge in [0, 0.05) is 6.07 Å². The highest BCUT2D eigenvalue weighted by atomic mass is 19.1. The van der Waals surface area contributed by atoms with Crippen LogP contribution < -0.4 is 19.5 Å². The Morgan fingerprint density at radius 2 is 1.96 bits per heavy atom. The van der Waals surface area contributed by atoms with Crippen LogP contribution in [0.25, 0.3) is 0 Å². The number of carbonyl (C=O) groups excluding carboxylic acids is 1. The van der Waals surface area contributed by atoms with Crippen LogP contribution in [-0.4, -0.2) is 12.7 Å². The predicted molar refractivity (Wildman–Crippen MR) is 94.7 cm³/mol. The van der Waals surface area contributed by atoms with Crippen molar-refractivity contribution in [3.05, 3.63) is 71.4 Å². The third-order valence-electron chi connectivity index (χ3n) is 3.98. The largest absolute Gasteiger partial charge is 0.486 e. The number of benzene rings is 2. The number of fused-ring (bicyclic) bond motifs is 1. The van der Waals surface area contributed by atoms with E-state index in [0.29, 0.717) is 23.0 Å². The molecule has 1 aromatic heterocycles. The first-order valence-electron chi connectivity index (χ1n) is 8.27. The second-order valence-corrected chi connectivity index (χ2v) is 6.01. The summed E-state index contributed by atoms with van der Waals surface area (Å²) in [7, 11) is 0. The van der Waals surface area contributed by atoms with Gasteiger partial charge in [0.05, 0.1) is 5.69 Å². The van der Waals surface area contributed by atoms with Crippen molar-refractivity contribution < 1.29 is 27.8 Å². The Kier molecular flexibility index (Phi) is 4.42. The lowest BCUT2D eigenvalue weighted by molar-refractivity contribution is 0.0992. The molecule has 27 heavy (non-hydrogen) atoms. The Labute approximate surface area is 154 Å². The first kappa shape index (κ1) is 17.0. The van der Waals surface area contributed by atoms with E-state index in [1.165, 1.54) is 12.1 Å². The maximum absolute atomic E-state index is 13.8. The number of rotatable bonds is 5. The molecule has 0 saturated carbocycles. The minimum Gasteiger partial charge on any atom is -0.486 e. The van der Waals surface area contributed by atoms with Crippen LogP contribution in [0, 0.1) is 12.7 Å². The van der Waals surface area contributed by atoms with E-state index in [2.05, 4.69) is 5.32 Å². The number of ether oxygens (including phenoxy) is 3. The van der Waals surface area contributed by atoms with Gasteiger partial charge in [-0.3, -0.25) is 4.79 Å². The van der Waals surface area contributed by atoms with Crippen LogP contribution in [0.4, 0.5) is 10.1 Å². The highest BCUT2D eigenvalue weighted by molar-refractivity contribution is 6.02. The summed E-state index contributed by atoms with van der Waals surface area (Å²) in [6.07, 6.45) is 0. The summed E-state index contributed by atoms with van der Waals surface area (Å²) in [4.78, 5) is 12.3. The van der Waals surface area contributed by atoms with Gasteiger partial charge in [-0.2, -0.15) is 0 Å². The summed E-state index contributed by atoms with van der Waals surface area (Å²) < 4.78 is 35.4. The molecule has 1 amide bonds. The number of hydrogen-bond acceptors (Lipinski definition) is 5. The number of aryl methyl sites for hydroxylation is 1. The molecule has 0 saturated heterocycles. The van der Waals surface area contributed by atoms with Gasteiger partial charge in [-0.25, -0.2) is 4.39 Å². The Balaban J connectivity index is 1.39. The molecule has 0 spiro atoms. The molecule has 138 valence electrons. The number of nitrogens with one attached hydrogen (secondary N) is 1. The zero-order valence-corrected chi connectivity index (χ0v) is 14.5. The van der Waals surface area contributed by atoms with Crippen LogP contribution >= 0.6 is 0 Å². The summed E-state index contributed by atoms with van der Waals surface area (Å²) in [5.74, 6) is 1.36. The van der Waals surface area contributed by atoms with Crippen LogP contribution in [0.1, 0.15) is 21.9 Å². The minimum atomic E-state index is -0.533. The second-order valence-electron chi connectivity index (χ2n) is 6.01. The van der Waals surface area contributed by atoms with Gasteiger partial charge in [0.2, 0.25) is 6.79 Å². The van der Waals surface area contributed by atoms with Crippen molar-refractivity contribution in [1.29, 1.82) is 0 Å². The molecule has 2 aromatic carbocycles. The van der Waals surface area contributed by atoms with E-state index in [9.17, 15) is 9.18 Å². The van der Waals surface area contributed by atoms with Crippen molar-refractivity contribution in [2.45, 2.75) is 13.5 Å². The van der Waals surface area contributed by atoms with E-state index < -0.39 is 11.7 Å². The summed E-state index contributed by atoms with van der Waals surface area (Å²) >= 11 is 0. The van der Waals surface area contributed by atoms with Crippen molar-refractivity contribution >= 4 is 11.6 Å². The molecule has 0 atom stereocenters. The van der Waals surface area contributed by atoms with Gasteiger partial charge in [-0.1, -0.05) is 6.07 Å². The van der Waals surface area contributed by atoms with E-state index in [4.69, 9.17) is 18.6 Å². The van der Waals surface area contributed by atoms with E-state index in [1.807, 2.05) is 6.92 Å². The Hall–Kier alpha value is -3.48. The molecule has 6 nitrogen and oxygen atoms in total. The Bertz CT molecular complexity index is 998. The smallest absolute Gasteiger partial charge is 0.291 e. The molecular formula is C20H16FNO5. The highest BCUT2D eigenvalue weighted by Crippen LogP contribution is 2.35. The molecule has 1 aliphatic rings. The number of furan rings is 1. The molecule has 2 heterocycles. The molecule has 1 aliphatic heterocycles. The average Bonchev–Trinajstić information content (AvgIpc) is 3.31. The lowest BCUT2D eigenvalue weighted by Crippen LogP contribution is -2.12. The minimum absolute atomic E-state index is 0.0696. The number of carbonyl (C=O) groups is 1. The number of anilines is 1. The Morgan fingerprint density at radius 1 is 1.11 bits per heavy atom. The summed E-state index contributed by atoms with van der Waals surface area (Å²) in [5.41, 5.74) is 0.943. The molecule has 4 rings (SSSR count). The summed E-state index contributed by atoms with van der Waals surface area (Å²) in [5, 5.41) is 2.50. The molecule has 0 fully saturated rings. The van der Waals surface area contributed by atoms with Gasteiger partial charge in [0.25, 0.3) is 5.91 Å². The molecule has 7 heteroatoms. The number of amides is 1. The fraction of sp³-hybridized carbons (Fsp3) is 0.150. The van der Waals surface area contributed by atoms with Crippen molar-refractivity contribution in [2.75, 3.05) is 12.1 Å². The lowest BCUT2D eigenvalue weighted by atomic mass is 10.2. The number of halogens is 1. The van der Waals surface area contributed by atoms with Crippen molar-refractivity contribution in [3.8, 4) is 17.2 Å². The first-order chi connectivity index (χ1) is 13.1. The van der Waals surface area contributed by atoms with Crippen LogP contribution in [0.5, 0.6) is 17.2 Å². The van der Waals surface area contributed by atoms with Gasteiger partial charge in [0.15, 0.2) is 17.3 Å². The maximum atomic E-state index is 13.8. The molecule has 0 unspecified atom stereocenters. The van der Waals surface area contributed by atoms with Crippen LogP contribution in [-0.2, 0) is 6.61 Å². The highest BCUT2D eigenvalue weighted by Gasteiger charge is 2.16. The number of hydrogen-bond donors (Lipinski definition) is 1. The third-order valence-corrected chi connectivity index (χ3v) is 3.98.